The van der Waals surface area contributed by atoms with E-state index in [4.69, 9.17) is 23.2 Å². The first-order chi connectivity index (χ1) is 12.3. The predicted molar refractivity (Wildman–Crippen MR) is 99.1 cm³/mol. The van der Waals surface area contributed by atoms with Gasteiger partial charge in [0.2, 0.25) is 0 Å². The molecular weight excluding hydrogens is 380 g/mol. The molecule has 7 heteroatoms. The Kier molecular flexibility index (Phi) is 4.85. The van der Waals surface area contributed by atoms with Gasteiger partial charge in [0, 0.05) is 16.9 Å². The average molecular weight is 392 g/mol. The van der Waals surface area contributed by atoms with Gasteiger partial charge in [-0.05, 0) is 55.0 Å². The van der Waals surface area contributed by atoms with E-state index in [9.17, 15) is 19.1 Å². The minimum absolute atomic E-state index is 0.233. The lowest BCUT2D eigenvalue weighted by Gasteiger charge is -2.15. The summed E-state index contributed by atoms with van der Waals surface area (Å²) in [7, 11) is 0. The molecule has 0 aliphatic carbocycles. The molecule has 0 bridgehead atoms. The zero-order valence-electron chi connectivity index (χ0n) is 13.5. The standard InChI is InChI=1S/C19H12Cl2FNO3/c1-10-8-14(11-2-7-15(20)16(21)9-11)17(19(25)26)18(24)23(10)13-5-3-12(22)4-6-13/h2-9H,1H3,(H,25,26). The molecule has 0 amide bonds. The number of carboxylic acids is 1. The summed E-state index contributed by atoms with van der Waals surface area (Å²) in [5.41, 5.74) is 0.438. The van der Waals surface area contributed by atoms with E-state index in [0.717, 1.165) is 0 Å². The van der Waals surface area contributed by atoms with Gasteiger partial charge in [0.15, 0.2) is 0 Å². The monoisotopic (exact) mass is 391 g/mol. The predicted octanol–water partition coefficient (Wildman–Crippen LogP) is 4.96. The molecular formula is C19H12Cl2FNO3. The van der Waals surface area contributed by atoms with E-state index >= 15 is 0 Å². The van der Waals surface area contributed by atoms with Crippen LogP contribution in [0.25, 0.3) is 16.8 Å². The molecule has 0 unspecified atom stereocenters. The highest BCUT2D eigenvalue weighted by Crippen LogP contribution is 2.30. The average Bonchev–Trinajstić information content (AvgIpc) is 2.58. The van der Waals surface area contributed by atoms with Gasteiger partial charge >= 0.3 is 5.97 Å². The highest BCUT2D eigenvalue weighted by Gasteiger charge is 2.21. The molecule has 132 valence electrons. The van der Waals surface area contributed by atoms with E-state index in [1.165, 1.54) is 41.0 Å². The van der Waals surface area contributed by atoms with Gasteiger partial charge in [-0.25, -0.2) is 9.18 Å². The highest BCUT2D eigenvalue weighted by atomic mass is 35.5. The summed E-state index contributed by atoms with van der Waals surface area (Å²) < 4.78 is 14.4. The van der Waals surface area contributed by atoms with Gasteiger partial charge in [0.1, 0.15) is 11.4 Å². The van der Waals surface area contributed by atoms with Gasteiger partial charge in [-0.1, -0.05) is 29.3 Å². The number of aromatic carboxylic acids is 1. The molecule has 1 heterocycles. The molecule has 2 aromatic carbocycles. The molecule has 0 fully saturated rings. The Morgan fingerprint density at radius 3 is 2.27 bits per heavy atom. The number of aromatic nitrogens is 1. The van der Waals surface area contributed by atoms with Gasteiger partial charge in [0.05, 0.1) is 10.0 Å². The maximum absolute atomic E-state index is 13.2. The third-order valence-corrected chi connectivity index (χ3v) is 4.66. The normalized spacial score (nSPS) is 10.8. The fourth-order valence-corrected chi connectivity index (χ4v) is 3.04. The molecule has 0 saturated carbocycles. The van der Waals surface area contributed by atoms with Crippen molar-refractivity contribution in [2.24, 2.45) is 0 Å². The SMILES string of the molecule is Cc1cc(-c2ccc(Cl)c(Cl)c2)c(C(=O)O)c(=O)n1-c1ccc(F)cc1. The van der Waals surface area contributed by atoms with Crippen LogP contribution in [-0.4, -0.2) is 15.6 Å². The molecule has 0 aliphatic heterocycles. The van der Waals surface area contributed by atoms with Crippen LogP contribution in [0.15, 0.2) is 53.3 Å². The molecule has 26 heavy (non-hydrogen) atoms. The maximum atomic E-state index is 13.2. The maximum Gasteiger partial charge on any atom is 0.342 e. The molecule has 1 aromatic heterocycles. The van der Waals surface area contributed by atoms with E-state index in [0.29, 0.717) is 22.0 Å². The van der Waals surface area contributed by atoms with E-state index < -0.39 is 22.9 Å². The zero-order valence-corrected chi connectivity index (χ0v) is 15.0. The molecule has 0 atom stereocenters. The second-order valence-corrected chi connectivity index (χ2v) is 6.44. The Labute approximate surface area is 158 Å². The lowest BCUT2D eigenvalue weighted by Crippen LogP contribution is -2.28. The lowest BCUT2D eigenvalue weighted by atomic mass is 10.00. The van der Waals surface area contributed by atoms with E-state index in [1.54, 1.807) is 19.1 Å². The van der Waals surface area contributed by atoms with Crippen molar-refractivity contribution in [3.8, 4) is 16.8 Å². The molecule has 1 N–H and O–H groups in total. The van der Waals surface area contributed by atoms with Crippen LogP contribution in [0.1, 0.15) is 16.1 Å². The second-order valence-electron chi connectivity index (χ2n) is 5.63. The van der Waals surface area contributed by atoms with Crippen molar-refractivity contribution in [1.29, 1.82) is 0 Å². The smallest absolute Gasteiger partial charge is 0.342 e. The van der Waals surface area contributed by atoms with Crippen molar-refractivity contribution in [2.45, 2.75) is 6.92 Å². The number of hydrogen-bond acceptors (Lipinski definition) is 2. The number of pyridine rings is 1. The highest BCUT2D eigenvalue weighted by molar-refractivity contribution is 6.42. The number of carbonyl (C=O) groups is 1. The summed E-state index contributed by atoms with van der Waals surface area (Å²) in [6, 6.07) is 11.4. The van der Waals surface area contributed by atoms with Crippen LogP contribution in [0, 0.1) is 12.7 Å². The molecule has 0 saturated heterocycles. The van der Waals surface area contributed by atoms with Gasteiger partial charge in [-0.15, -0.1) is 0 Å². The Bertz CT molecular complexity index is 1080. The van der Waals surface area contributed by atoms with Gasteiger partial charge < -0.3 is 5.11 Å². The quantitative estimate of drug-likeness (QED) is 0.686. The first-order valence-electron chi connectivity index (χ1n) is 7.51. The summed E-state index contributed by atoms with van der Waals surface area (Å²) in [6.07, 6.45) is 0. The Morgan fingerprint density at radius 1 is 1.04 bits per heavy atom. The number of aryl methyl sites for hydroxylation is 1. The summed E-state index contributed by atoms with van der Waals surface area (Å²) in [5.74, 6) is -1.82. The zero-order chi connectivity index (χ0) is 19.0. The van der Waals surface area contributed by atoms with Crippen LogP contribution in [0.4, 0.5) is 4.39 Å². The van der Waals surface area contributed by atoms with Crippen LogP contribution in [0.2, 0.25) is 10.0 Å². The van der Waals surface area contributed by atoms with E-state index in [-0.39, 0.29) is 10.6 Å². The number of hydrogen-bond donors (Lipinski definition) is 1. The van der Waals surface area contributed by atoms with Crippen LogP contribution >= 0.6 is 23.2 Å². The minimum Gasteiger partial charge on any atom is -0.477 e. The largest absolute Gasteiger partial charge is 0.477 e. The molecule has 0 aliphatic rings. The minimum atomic E-state index is -1.37. The third kappa shape index (κ3) is 3.23. The molecule has 3 aromatic rings. The van der Waals surface area contributed by atoms with Crippen LogP contribution in [0.5, 0.6) is 0 Å². The van der Waals surface area contributed by atoms with Gasteiger partial charge in [-0.3, -0.25) is 9.36 Å². The lowest BCUT2D eigenvalue weighted by molar-refractivity contribution is 0.0695. The third-order valence-electron chi connectivity index (χ3n) is 3.92. The van der Waals surface area contributed by atoms with Crippen LogP contribution < -0.4 is 5.56 Å². The first kappa shape index (κ1) is 18.2. The van der Waals surface area contributed by atoms with E-state index in [1.807, 2.05) is 0 Å². The number of benzene rings is 2. The van der Waals surface area contributed by atoms with Crippen LogP contribution in [0.3, 0.4) is 0 Å². The van der Waals surface area contributed by atoms with Crippen molar-refractivity contribution in [2.75, 3.05) is 0 Å². The Morgan fingerprint density at radius 2 is 1.69 bits per heavy atom. The van der Waals surface area contributed by atoms with Gasteiger partial charge in [0.25, 0.3) is 5.56 Å². The molecule has 3 rings (SSSR count). The van der Waals surface area contributed by atoms with Crippen LogP contribution in [-0.2, 0) is 0 Å². The second kappa shape index (κ2) is 6.94. The number of rotatable bonds is 3. The summed E-state index contributed by atoms with van der Waals surface area (Å²) in [6.45, 7) is 1.66. The summed E-state index contributed by atoms with van der Waals surface area (Å²) in [4.78, 5) is 24.7. The Balaban J connectivity index is 2.31. The van der Waals surface area contributed by atoms with Crippen molar-refractivity contribution >= 4 is 29.2 Å². The van der Waals surface area contributed by atoms with Crippen molar-refractivity contribution in [3.05, 3.63) is 86.0 Å². The van der Waals surface area contributed by atoms with E-state index in [2.05, 4.69) is 0 Å². The number of halogens is 3. The summed E-state index contributed by atoms with van der Waals surface area (Å²) >= 11 is 11.9. The summed E-state index contributed by atoms with van der Waals surface area (Å²) in [5, 5.41) is 10.2. The fourth-order valence-electron chi connectivity index (χ4n) is 2.74. The number of nitrogens with zero attached hydrogens (tertiary/aromatic N) is 1. The molecule has 4 nitrogen and oxygen atoms in total. The Hall–Kier alpha value is -2.63. The topological polar surface area (TPSA) is 59.3 Å². The molecule has 0 radical (unpaired) electrons. The fraction of sp³-hybridized carbons (Fsp3) is 0.0526. The van der Waals surface area contributed by atoms with Gasteiger partial charge in [-0.2, -0.15) is 0 Å². The first-order valence-corrected chi connectivity index (χ1v) is 8.26. The van der Waals surface area contributed by atoms with Crippen molar-refractivity contribution in [3.63, 3.8) is 0 Å². The number of carboxylic acid groups (broad SMARTS) is 1. The van der Waals surface area contributed by atoms with Crippen molar-refractivity contribution < 1.29 is 14.3 Å². The molecule has 0 spiro atoms. The van der Waals surface area contributed by atoms with Crippen molar-refractivity contribution in [1.82, 2.24) is 4.57 Å².